The third-order valence-electron chi connectivity index (χ3n) is 4.00. The van der Waals surface area contributed by atoms with Gasteiger partial charge in [0.15, 0.2) is 5.65 Å². The SMILES string of the molecule is COCc1cc(N(C)CC[C@H](O)c2ccccc2)n2nccc2n1. The lowest BCUT2D eigenvalue weighted by atomic mass is 10.1. The van der Waals surface area contributed by atoms with Crippen molar-refractivity contribution in [3.8, 4) is 0 Å². The van der Waals surface area contributed by atoms with Gasteiger partial charge in [0.05, 0.1) is 24.6 Å². The zero-order chi connectivity index (χ0) is 16.9. The number of rotatable bonds is 7. The zero-order valence-electron chi connectivity index (χ0n) is 14.0. The van der Waals surface area contributed by atoms with Crippen molar-refractivity contribution in [2.75, 3.05) is 25.6 Å². The fourth-order valence-electron chi connectivity index (χ4n) is 2.71. The van der Waals surface area contributed by atoms with Crippen LogP contribution in [0.25, 0.3) is 5.65 Å². The molecule has 24 heavy (non-hydrogen) atoms. The molecule has 3 aromatic rings. The summed E-state index contributed by atoms with van der Waals surface area (Å²) < 4.78 is 6.99. The van der Waals surface area contributed by atoms with E-state index in [1.54, 1.807) is 17.8 Å². The van der Waals surface area contributed by atoms with E-state index in [1.807, 2.05) is 49.5 Å². The fourth-order valence-corrected chi connectivity index (χ4v) is 2.71. The van der Waals surface area contributed by atoms with Crippen molar-refractivity contribution >= 4 is 11.5 Å². The Balaban J connectivity index is 1.75. The summed E-state index contributed by atoms with van der Waals surface area (Å²) in [4.78, 5) is 6.59. The minimum absolute atomic E-state index is 0.454. The van der Waals surface area contributed by atoms with E-state index in [1.165, 1.54) is 0 Å². The van der Waals surface area contributed by atoms with Crippen LogP contribution >= 0.6 is 0 Å². The molecule has 2 aromatic heterocycles. The van der Waals surface area contributed by atoms with Crippen molar-refractivity contribution in [1.82, 2.24) is 14.6 Å². The standard InChI is InChI=1S/C18H22N4O2/c1-21(11-9-16(23)14-6-4-3-5-7-14)18-12-15(13-24-2)20-17-8-10-19-22(17)18/h3-8,10,12,16,23H,9,11,13H2,1-2H3/t16-/m0/s1. The minimum atomic E-state index is -0.484. The third-order valence-corrected chi connectivity index (χ3v) is 4.00. The average Bonchev–Trinajstić information content (AvgIpc) is 3.08. The summed E-state index contributed by atoms with van der Waals surface area (Å²) in [5.41, 5.74) is 2.58. The van der Waals surface area contributed by atoms with Gasteiger partial charge in [0.1, 0.15) is 5.82 Å². The predicted octanol–water partition coefficient (Wildman–Crippen LogP) is 2.44. The highest BCUT2D eigenvalue weighted by Gasteiger charge is 2.13. The molecule has 3 rings (SSSR count). The molecule has 2 heterocycles. The molecule has 0 saturated heterocycles. The summed E-state index contributed by atoms with van der Waals surface area (Å²) in [7, 11) is 3.65. The molecule has 6 heteroatoms. The number of aliphatic hydroxyl groups excluding tert-OH is 1. The number of anilines is 1. The lowest BCUT2D eigenvalue weighted by Gasteiger charge is -2.22. The van der Waals surface area contributed by atoms with Crippen LogP contribution in [0.3, 0.4) is 0 Å². The van der Waals surface area contributed by atoms with Crippen molar-refractivity contribution < 1.29 is 9.84 Å². The summed E-state index contributed by atoms with van der Waals surface area (Å²) in [5, 5.41) is 14.7. The molecule has 1 N–H and O–H groups in total. The molecule has 0 spiro atoms. The Hall–Kier alpha value is -2.44. The number of methoxy groups -OCH3 is 1. The number of aliphatic hydroxyl groups is 1. The largest absolute Gasteiger partial charge is 0.388 e. The van der Waals surface area contributed by atoms with Crippen LogP contribution in [0.15, 0.2) is 48.7 Å². The van der Waals surface area contributed by atoms with Crippen LogP contribution in [0.4, 0.5) is 5.82 Å². The second-order valence-corrected chi connectivity index (χ2v) is 5.78. The monoisotopic (exact) mass is 326 g/mol. The van der Waals surface area contributed by atoms with Gasteiger partial charge in [0.2, 0.25) is 0 Å². The van der Waals surface area contributed by atoms with Gasteiger partial charge in [-0.1, -0.05) is 30.3 Å². The molecule has 0 aliphatic rings. The second kappa shape index (κ2) is 7.42. The van der Waals surface area contributed by atoms with E-state index >= 15 is 0 Å². The molecular weight excluding hydrogens is 304 g/mol. The normalized spacial score (nSPS) is 12.5. The van der Waals surface area contributed by atoms with Crippen LogP contribution in [0, 0.1) is 0 Å². The van der Waals surface area contributed by atoms with Gasteiger partial charge in [-0.25, -0.2) is 4.98 Å². The third kappa shape index (κ3) is 3.55. The van der Waals surface area contributed by atoms with Gasteiger partial charge >= 0.3 is 0 Å². The van der Waals surface area contributed by atoms with Crippen molar-refractivity contribution in [1.29, 1.82) is 0 Å². The van der Waals surface area contributed by atoms with E-state index in [-0.39, 0.29) is 0 Å². The van der Waals surface area contributed by atoms with Crippen LogP contribution in [0.2, 0.25) is 0 Å². The van der Waals surface area contributed by atoms with Crippen LogP contribution in [0.1, 0.15) is 23.8 Å². The van der Waals surface area contributed by atoms with Crippen LogP contribution in [-0.2, 0) is 11.3 Å². The van der Waals surface area contributed by atoms with Gasteiger partial charge in [-0.3, -0.25) is 0 Å². The highest BCUT2D eigenvalue weighted by Crippen LogP contribution is 2.20. The molecule has 1 atom stereocenters. The molecule has 1 aromatic carbocycles. The maximum absolute atomic E-state index is 10.3. The highest BCUT2D eigenvalue weighted by molar-refractivity contribution is 5.50. The Morgan fingerprint density at radius 3 is 2.79 bits per heavy atom. The predicted molar refractivity (Wildman–Crippen MR) is 93.0 cm³/mol. The van der Waals surface area contributed by atoms with E-state index in [0.29, 0.717) is 19.6 Å². The first-order chi connectivity index (χ1) is 11.7. The molecule has 0 fully saturated rings. The number of hydrogen-bond acceptors (Lipinski definition) is 5. The summed E-state index contributed by atoms with van der Waals surface area (Å²) in [6.07, 6.45) is 1.88. The van der Waals surface area contributed by atoms with Crippen molar-refractivity contribution in [2.45, 2.75) is 19.1 Å². The molecule has 0 radical (unpaired) electrons. The molecule has 6 nitrogen and oxygen atoms in total. The van der Waals surface area contributed by atoms with E-state index in [0.717, 1.165) is 22.7 Å². The number of benzene rings is 1. The summed E-state index contributed by atoms with van der Waals surface area (Å²) >= 11 is 0. The van der Waals surface area contributed by atoms with E-state index < -0.39 is 6.10 Å². The number of nitrogens with zero attached hydrogens (tertiary/aromatic N) is 4. The molecule has 0 aliphatic carbocycles. The van der Waals surface area contributed by atoms with Gasteiger partial charge in [0.25, 0.3) is 0 Å². The van der Waals surface area contributed by atoms with Crippen molar-refractivity contribution in [3.63, 3.8) is 0 Å². The van der Waals surface area contributed by atoms with Crippen LogP contribution < -0.4 is 4.90 Å². The number of ether oxygens (including phenoxy) is 1. The number of aromatic nitrogens is 3. The molecule has 0 bridgehead atoms. The molecule has 0 unspecified atom stereocenters. The Morgan fingerprint density at radius 1 is 1.25 bits per heavy atom. The molecule has 0 aliphatic heterocycles. The van der Waals surface area contributed by atoms with E-state index in [2.05, 4.69) is 15.0 Å². The van der Waals surface area contributed by atoms with Gasteiger partial charge in [-0.2, -0.15) is 9.61 Å². The number of fused-ring (bicyclic) bond motifs is 1. The van der Waals surface area contributed by atoms with Gasteiger partial charge in [-0.05, 0) is 12.0 Å². The minimum Gasteiger partial charge on any atom is -0.388 e. The lowest BCUT2D eigenvalue weighted by Crippen LogP contribution is -2.23. The van der Waals surface area contributed by atoms with Gasteiger partial charge < -0.3 is 14.7 Å². The molecular formula is C18H22N4O2. The molecule has 0 amide bonds. The maximum Gasteiger partial charge on any atom is 0.157 e. The summed E-state index contributed by atoms with van der Waals surface area (Å²) in [6, 6.07) is 13.6. The number of hydrogen-bond donors (Lipinski definition) is 1. The van der Waals surface area contributed by atoms with Crippen molar-refractivity contribution in [3.05, 3.63) is 59.9 Å². The maximum atomic E-state index is 10.3. The molecule has 126 valence electrons. The van der Waals surface area contributed by atoms with Crippen molar-refractivity contribution in [2.24, 2.45) is 0 Å². The second-order valence-electron chi connectivity index (χ2n) is 5.78. The first-order valence-electron chi connectivity index (χ1n) is 7.96. The first kappa shape index (κ1) is 16.4. The quantitative estimate of drug-likeness (QED) is 0.722. The Kier molecular flexibility index (Phi) is 5.08. The first-order valence-corrected chi connectivity index (χ1v) is 7.96. The average molecular weight is 326 g/mol. The highest BCUT2D eigenvalue weighted by atomic mass is 16.5. The fraction of sp³-hybridized carbons (Fsp3) is 0.333. The zero-order valence-corrected chi connectivity index (χ0v) is 14.0. The van der Waals surface area contributed by atoms with Gasteiger partial charge in [0, 0.05) is 32.8 Å². The Bertz CT molecular complexity index is 788. The van der Waals surface area contributed by atoms with E-state index in [4.69, 9.17) is 4.74 Å². The van der Waals surface area contributed by atoms with Crippen LogP contribution in [0.5, 0.6) is 0 Å². The van der Waals surface area contributed by atoms with E-state index in [9.17, 15) is 5.11 Å². The summed E-state index contributed by atoms with van der Waals surface area (Å²) in [5.74, 6) is 0.928. The smallest absolute Gasteiger partial charge is 0.157 e. The Morgan fingerprint density at radius 2 is 2.04 bits per heavy atom. The topological polar surface area (TPSA) is 62.9 Å². The van der Waals surface area contributed by atoms with Crippen LogP contribution in [-0.4, -0.2) is 40.4 Å². The Labute approximate surface area is 141 Å². The molecule has 0 saturated carbocycles. The van der Waals surface area contributed by atoms with Gasteiger partial charge in [-0.15, -0.1) is 0 Å². The summed E-state index contributed by atoms with van der Waals surface area (Å²) in [6.45, 7) is 1.15. The lowest BCUT2D eigenvalue weighted by molar-refractivity contribution is 0.169.